The maximum Gasteiger partial charge on any atom is 0.322 e. The van der Waals surface area contributed by atoms with E-state index >= 15 is 0 Å². The van der Waals surface area contributed by atoms with Crippen molar-refractivity contribution in [2.45, 2.75) is 44.7 Å². The lowest BCUT2D eigenvalue weighted by molar-refractivity contribution is 0.174. The van der Waals surface area contributed by atoms with Crippen molar-refractivity contribution in [3.63, 3.8) is 0 Å². The van der Waals surface area contributed by atoms with Crippen molar-refractivity contribution in [3.05, 3.63) is 42.0 Å². The Labute approximate surface area is 114 Å². The van der Waals surface area contributed by atoms with Gasteiger partial charge in [0.25, 0.3) is 0 Å². The van der Waals surface area contributed by atoms with Crippen molar-refractivity contribution in [3.8, 4) is 0 Å². The van der Waals surface area contributed by atoms with Gasteiger partial charge in [0.15, 0.2) is 0 Å². The van der Waals surface area contributed by atoms with Crippen molar-refractivity contribution in [1.82, 2.24) is 4.90 Å². The van der Waals surface area contributed by atoms with Crippen LogP contribution in [0.4, 0.5) is 10.5 Å². The molecule has 1 aromatic carbocycles. The number of carbonyl (C=O) groups is 1. The largest absolute Gasteiger partial charge is 0.322 e. The summed E-state index contributed by atoms with van der Waals surface area (Å²) >= 11 is 0. The molecule has 1 aromatic rings. The van der Waals surface area contributed by atoms with Gasteiger partial charge >= 0.3 is 6.03 Å². The van der Waals surface area contributed by atoms with E-state index in [1.165, 1.54) is 11.1 Å². The van der Waals surface area contributed by atoms with Gasteiger partial charge in [-0.2, -0.15) is 0 Å². The summed E-state index contributed by atoms with van der Waals surface area (Å²) in [7, 11) is 0. The fourth-order valence-electron chi connectivity index (χ4n) is 3.27. The molecule has 100 valence electrons. The first-order valence-corrected chi connectivity index (χ1v) is 6.96. The Kier molecular flexibility index (Phi) is 3.05. The molecular weight excluding hydrogens is 236 g/mol. The van der Waals surface area contributed by atoms with Crippen LogP contribution in [0.5, 0.6) is 0 Å². The van der Waals surface area contributed by atoms with Crippen LogP contribution >= 0.6 is 0 Å². The number of hydrogen-bond donors (Lipinski definition) is 1. The van der Waals surface area contributed by atoms with Gasteiger partial charge in [-0.15, -0.1) is 0 Å². The smallest absolute Gasteiger partial charge is 0.318 e. The standard InChI is InChI=1S/C16H20N2O/c1-11-3-5-13(6-4-11)17-16(19)18-14-7-8-15(18)10-12(2)9-14/h3-6,14-15H,2,7-10H2,1H3,(H,17,19). The Morgan fingerprint density at radius 3 is 2.37 bits per heavy atom. The van der Waals surface area contributed by atoms with Crippen LogP contribution in [0, 0.1) is 6.92 Å². The fraction of sp³-hybridized carbons (Fsp3) is 0.438. The third-order valence-electron chi connectivity index (χ3n) is 4.21. The molecule has 2 unspecified atom stereocenters. The zero-order valence-corrected chi connectivity index (χ0v) is 11.4. The number of rotatable bonds is 1. The summed E-state index contributed by atoms with van der Waals surface area (Å²) in [6.07, 6.45) is 4.17. The van der Waals surface area contributed by atoms with E-state index < -0.39 is 0 Å². The van der Waals surface area contributed by atoms with Gasteiger partial charge in [-0.3, -0.25) is 0 Å². The van der Waals surface area contributed by atoms with Crippen molar-refractivity contribution in [2.24, 2.45) is 0 Å². The molecule has 3 heteroatoms. The van der Waals surface area contributed by atoms with Crippen LogP contribution in [0.25, 0.3) is 0 Å². The van der Waals surface area contributed by atoms with E-state index in [4.69, 9.17) is 0 Å². The minimum atomic E-state index is 0.0452. The predicted octanol–water partition coefficient (Wildman–Crippen LogP) is 3.71. The molecule has 0 radical (unpaired) electrons. The highest BCUT2D eigenvalue weighted by atomic mass is 16.2. The fourth-order valence-corrected chi connectivity index (χ4v) is 3.27. The monoisotopic (exact) mass is 256 g/mol. The molecule has 2 atom stereocenters. The first kappa shape index (κ1) is 12.3. The van der Waals surface area contributed by atoms with Gasteiger partial charge in [0.2, 0.25) is 0 Å². The number of amides is 2. The summed E-state index contributed by atoms with van der Waals surface area (Å²) in [4.78, 5) is 14.4. The average molecular weight is 256 g/mol. The number of nitrogens with one attached hydrogen (secondary N) is 1. The van der Waals surface area contributed by atoms with E-state index in [9.17, 15) is 4.79 Å². The average Bonchev–Trinajstić information content (AvgIpc) is 2.65. The molecule has 2 amide bonds. The molecule has 3 nitrogen and oxygen atoms in total. The van der Waals surface area contributed by atoms with E-state index in [0.717, 1.165) is 31.4 Å². The van der Waals surface area contributed by atoms with Gasteiger partial charge in [0.05, 0.1) is 0 Å². The molecular formula is C16H20N2O. The van der Waals surface area contributed by atoms with Crippen LogP contribution in [0.15, 0.2) is 36.4 Å². The molecule has 0 spiro atoms. The van der Waals surface area contributed by atoms with Crippen molar-refractivity contribution in [1.29, 1.82) is 0 Å². The quantitative estimate of drug-likeness (QED) is 0.763. The van der Waals surface area contributed by atoms with E-state index in [-0.39, 0.29) is 6.03 Å². The van der Waals surface area contributed by atoms with Gasteiger partial charge in [-0.1, -0.05) is 29.8 Å². The predicted molar refractivity (Wildman–Crippen MR) is 77.2 cm³/mol. The maximum absolute atomic E-state index is 12.4. The minimum absolute atomic E-state index is 0.0452. The van der Waals surface area contributed by atoms with Crippen LogP contribution in [-0.2, 0) is 0 Å². The molecule has 2 aliphatic heterocycles. The summed E-state index contributed by atoms with van der Waals surface area (Å²) in [5.74, 6) is 0. The van der Waals surface area contributed by atoms with E-state index in [0.29, 0.717) is 12.1 Å². The Bertz CT molecular complexity index is 490. The van der Waals surface area contributed by atoms with Crippen molar-refractivity contribution in [2.75, 3.05) is 5.32 Å². The molecule has 1 N–H and O–H groups in total. The van der Waals surface area contributed by atoms with E-state index in [1.54, 1.807) is 0 Å². The third kappa shape index (κ3) is 2.37. The summed E-state index contributed by atoms with van der Waals surface area (Å²) in [5, 5.41) is 3.01. The maximum atomic E-state index is 12.4. The lowest BCUT2D eigenvalue weighted by Crippen LogP contribution is -2.46. The SMILES string of the molecule is C=C1CC2CCC(C1)N2C(=O)Nc1ccc(C)cc1. The Morgan fingerprint density at radius 2 is 1.79 bits per heavy atom. The van der Waals surface area contributed by atoms with Crippen molar-refractivity contribution >= 4 is 11.7 Å². The summed E-state index contributed by atoms with van der Waals surface area (Å²) in [5.41, 5.74) is 3.37. The minimum Gasteiger partial charge on any atom is -0.318 e. The topological polar surface area (TPSA) is 32.3 Å². The highest BCUT2D eigenvalue weighted by molar-refractivity contribution is 5.90. The third-order valence-corrected chi connectivity index (χ3v) is 4.21. The molecule has 2 aliphatic rings. The summed E-state index contributed by atoms with van der Waals surface area (Å²) < 4.78 is 0. The first-order chi connectivity index (χ1) is 9.13. The number of urea groups is 1. The number of hydrogen-bond acceptors (Lipinski definition) is 1. The molecule has 2 saturated heterocycles. The molecule has 2 bridgehead atoms. The van der Waals surface area contributed by atoms with Gasteiger partial charge in [0, 0.05) is 17.8 Å². The summed E-state index contributed by atoms with van der Waals surface area (Å²) in [6.45, 7) is 6.13. The van der Waals surface area contributed by atoms with Gasteiger partial charge in [-0.25, -0.2) is 4.79 Å². The Morgan fingerprint density at radius 1 is 1.21 bits per heavy atom. The van der Waals surface area contributed by atoms with Crippen molar-refractivity contribution < 1.29 is 4.79 Å². The first-order valence-electron chi connectivity index (χ1n) is 6.96. The van der Waals surface area contributed by atoms with E-state index in [1.807, 2.05) is 36.1 Å². The van der Waals surface area contributed by atoms with Crippen LogP contribution < -0.4 is 5.32 Å². The normalized spacial score (nSPS) is 25.5. The zero-order valence-electron chi connectivity index (χ0n) is 11.4. The Balaban J connectivity index is 1.71. The highest BCUT2D eigenvalue weighted by Crippen LogP contribution is 2.37. The molecule has 0 aliphatic carbocycles. The van der Waals surface area contributed by atoms with Crippen LogP contribution in [0.3, 0.4) is 0 Å². The number of anilines is 1. The number of piperidine rings is 1. The Hall–Kier alpha value is -1.77. The number of fused-ring (bicyclic) bond motifs is 2. The van der Waals surface area contributed by atoms with Crippen LogP contribution in [0.2, 0.25) is 0 Å². The molecule has 2 heterocycles. The number of aryl methyl sites for hydroxylation is 1. The number of nitrogens with zero attached hydrogens (tertiary/aromatic N) is 1. The summed E-state index contributed by atoms with van der Waals surface area (Å²) in [6, 6.07) is 8.71. The number of carbonyl (C=O) groups excluding carboxylic acids is 1. The molecule has 0 aromatic heterocycles. The zero-order chi connectivity index (χ0) is 13.4. The second kappa shape index (κ2) is 4.72. The van der Waals surface area contributed by atoms with Gasteiger partial charge in [-0.05, 0) is 44.7 Å². The lowest BCUT2D eigenvalue weighted by atomic mass is 9.99. The van der Waals surface area contributed by atoms with E-state index in [2.05, 4.69) is 11.9 Å². The van der Waals surface area contributed by atoms with Gasteiger partial charge in [0.1, 0.15) is 0 Å². The van der Waals surface area contributed by atoms with Crippen LogP contribution in [0.1, 0.15) is 31.2 Å². The molecule has 0 saturated carbocycles. The molecule has 3 rings (SSSR count). The molecule has 2 fully saturated rings. The number of benzene rings is 1. The second-order valence-corrected chi connectivity index (χ2v) is 5.75. The molecule has 19 heavy (non-hydrogen) atoms. The second-order valence-electron chi connectivity index (χ2n) is 5.75. The highest BCUT2D eigenvalue weighted by Gasteiger charge is 2.40. The lowest BCUT2D eigenvalue weighted by Gasteiger charge is -2.35. The van der Waals surface area contributed by atoms with Crippen LogP contribution in [-0.4, -0.2) is 23.0 Å². The van der Waals surface area contributed by atoms with Gasteiger partial charge < -0.3 is 10.2 Å².